The molecule has 2 heterocycles. The van der Waals surface area contributed by atoms with Crippen LogP contribution in [0.25, 0.3) is 10.7 Å². The second kappa shape index (κ2) is 4.84. The first-order chi connectivity index (χ1) is 8.10. The van der Waals surface area contributed by atoms with Crippen LogP contribution in [0.1, 0.15) is 30.3 Å². The summed E-state index contributed by atoms with van der Waals surface area (Å²) in [5, 5.41) is 3.09. The number of rotatable bonds is 3. The zero-order chi connectivity index (χ0) is 12.4. The van der Waals surface area contributed by atoms with Gasteiger partial charge in [-0.3, -0.25) is 0 Å². The van der Waals surface area contributed by atoms with E-state index in [1.165, 1.54) is 4.88 Å². The molecular formula is C13H17N3S. The highest BCUT2D eigenvalue weighted by atomic mass is 32.1. The molecule has 2 rings (SSSR count). The molecule has 90 valence electrons. The van der Waals surface area contributed by atoms with Gasteiger partial charge in [0.05, 0.1) is 4.88 Å². The standard InChI is InChI=1S/C13H17N3S/c1-8(2)10-7-12(14-4)16-13(15-10)11-6-5-9(3)17-11/h5-8H,1-4H3,(H,14,15,16). The van der Waals surface area contributed by atoms with Crippen LogP contribution in [0.4, 0.5) is 5.82 Å². The molecule has 17 heavy (non-hydrogen) atoms. The molecule has 0 fully saturated rings. The van der Waals surface area contributed by atoms with E-state index < -0.39 is 0 Å². The second-order valence-corrected chi connectivity index (χ2v) is 5.60. The lowest BCUT2D eigenvalue weighted by molar-refractivity contribution is 0.818. The van der Waals surface area contributed by atoms with Gasteiger partial charge in [-0.25, -0.2) is 9.97 Å². The molecule has 0 aliphatic rings. The molecule has 0 aromatic carbocycles. The topological polar surface area (TPSA) is 37.8 Å². The van der Waals surface area contributed by atoms with Gasteiger partial charge in [-0.2, -0.15) is 0 Å². The van der Waals surface area contributed by atoms with Crippen LogP contribution in [0.5, 0.6) is 0 Å². The van der Waals surface area contributed by atoms with Crippen LogP contribution in [0, 0.1) is 6.92 Å². The molecule has 0 bridgehead atoms. The highest BCUT2D eigenvalue weighted by Gasteiger charge is 2.10. The monoisotopic (exact) mass is 247 g/mol. The van der Waals surface area contributed by atoms with Gasteiger partial charge < -0.3 is 5.32 Å². The highest BCUT2D eigenvalue weighted by molar-refractivity contribution is 7.15. The Hall–Kier alpha value is -1.42. The maximum Gasteiger partial charge on any atom is 0.171 e. The van der Waals surface area contributed by atoms with Crippen molar-refractivity contribution in [2.45, 2.75) is 26.7 Å². The van der Waals surface area contributed by atoms with E-state index in [1.807, 2.05) is 13.1 Å². The lowest BCUT2D eigenvalue weighted by Gasteiger charge is -2.09. The smallest absolute Gasteiger partial charge is 0.171 e. The first kappa shape index (κ1) is 12.0. The zero-order valence-electron chi connectivity index (χ0n) is 10.6. The van der Waals surface area contributed by atoms with Gasteiger partial charge in [-0.15, -0.1) is 11.3 Å². The molecule has 2 aromatic rings. The molecule has 0 aliphatic heterocycles. The highest BCUT2D eigenvalue weighted by Crippen LogP contribution is 2.27. The maximum atomic E-state index is 4.62. The van der Waals surface area contributed by atoms with E-state index in [-0.39, 0.29) is 0 Å². The van der Waals surface area contributed by atoms with E-state index >= 15 is 0 Å². The van der Waals surface area contributed by atoms with Gasteiger partial charge >= 0.3 is 0 Å². The Morgan fingerprint density at radius 2 is 2.00 bits per heavy atom. The fraction of sp³-hybridized carbons (Fsp3) is 0.385. The SMILES string of the molecule is CNc1cc(C(C)C)nc(-c2ccc(C)s2)n1. The average Bonchev–Trinajstić information content (AvgIpc) is 2.75. The Balaban J connectivity index is 2.49. The largest absolute Gasteiger partial charge is 0.373 e. The number of anilines is 1. The van der Waals surface area contributed by atoms with Crippen LogP contribution in [-0.4, -0.2) is 17.0 Å². The van der Waals surface area contributed by atoms with Crippen molar-refractivity contribution in [1.82, 2.24) is 9.97 Å². The van der Waals surface area contributed by atoms with Crippen LogP contribution in [0.2, 0.25) is 0 Å². The van der Waals surface area contributed by atoms with Crippen molar-refractivity contribution >= 4 is 17.2 Å². The fourth-order valence-electron chi connectivity index (χ4n) is 1.55. The zero-order valence-corrected chi connectivity index (χ0v) is 11.4. The van der Waals surface area contributed by atoms with Crippen molar-refractivity contribution in [2.75, 3.05) is 12.4 Å². The van der Waals surface area contributed by atoms with Gasteiger partial charge in [0, 0.05) is 23.7 Å². The van der Waals surface area contributed by atoms with E-state index in [0.29, 0.717) is 5.92 Å². The van der Waals surface area contributed by atoms with E-state index in [2.05, 4.69) is 48.2 Å². The number of hydrogen-bond acceptors (Lipinski definition) is 4. The quantitative estimate of drug-likeness (QED) is 0.899. The summed E-state index contributed by atoms with van der Waals surface area (Å²) >= 11 is 1.73. The molecule has 0 atom stereocenters. The lowest BCUT2D eigenvalue weighted by Crippen LogP contribution is -2.01. The predicted molar refractivity (Wildman–Crippen MR) is 73.7 cm³/mol. The lowest BCUT2D eigenvalue weighted by atomic mass is 10.1. The van der Waals surface area contributed by atoms with Crippen LogP contribution >= 0.6 is 11.3 Å². The molecular weight excluding hydrogens is 230 g/mol. The van der Waals surface area contributed by atoms with Crippen molar-refractivity contribution in [2.24, 2.45) is 0 Å². The number of nitrogens with zero attached hydrogens (tertiary/aromatic N) is 2. The average molecular weight is 247 g/mol. The molecule has 0 unspecified atom stereocenters. The third-order valence-corrected chi connectivity index (χ3v) is 3.55. The summed E-state index contributed by atoms with van der Waals surface area (Å²) in [7, 11) is 1.88. The third-order valence-electron chi connectivity index (χ3n) is 2.55. The molecule has 0 spiro atoms. The van der Waals surface area contributed by atoms with Gasteiger partial charge in [0.15, 0.2) is 5.82 Å². The normalized spacial score (nSPS) is 10.9. The van der Waals surface area contributed by atoms with Crippen molar-refractivity contribution < 1.29 is 0 Å². The predicted octanol–water partition coefficient (Wildman–Crippen LogP) is 3.68. The van der Waals surface area contributed by atoms with Crippen LogP contribution in [0.15, 0.2) is 18.2 Å². The fourth-order valence-corrected chi connectivity index (χ4v) is 2.36. The number of nitrogens with one attached hydrogen (secondary N) is 1. The van der Waals surface area contributed by atoms with Crippen molar-refractivity contribution in [3.8, 4) is 10.7 Å². The Morgan fingerprint density at radius 1 is 1.24 bits per heavy atom. The summed E-state index contributed by atoms with van der Waals surface area (Å²) < 4.78 is 0. The number of hydrogen-bond donors (Lipinski definition) is 1. The van der Waals surface area contributed by atoms with Gasteiger partial charge in [0.2, 0.25) is 0 Å². The van der Waals surface area contributed by atoms with Gasteiger partial charge in [0.25, 0.3) is 0 Å². The van der Waals surface area contributed by atoms with Crippen LogP contribution in [0.3, 0.4) is 0 Å². The minimum Gasteiger partial charge on any atom is -0.373 e. The Bertz CT molecular complexity index is 517. The van der Waals surface area contributed by atoms with Crippen molar-refractivity contribution in [3.05, 3.63) is 28.8 Å². The Morgan fingerprint density at radius 3 is 2.53 bits per heavy atom. The summed E-state index contributed by atoms with van der Waals surface area (Å²) in [6.07, 6.45) is 0. The van der Waals surface area contributed by atoms with Gasteiger partial charge in [-0.1, -0.05) is 13.8 Å². The first-order valence-electron chi connectivity index (χ1n) is 5.73. The Kier molecular flexibility index (Phi) is 3.43. The molecule has 0 aliphatic carbocycles. The minimum absolute atomic E-state index is 0.407. The number of aryl methyl sites for hydroxylation is 1. The second-order valence-electron chi connectivity index (χ2n) is 4.32. The van der Waals surface area contributed by atoms with Crippen LogP contribution in [-0.2, 0) is 0 Å². The minimum atomic E-state index is 0.407. The van der Waals surface area contributed by atoms with E-state index in [4.69, 9.17) is 0 Å². The summed E-state index contributed by atoms with van der Waals surface area (Å²) in [5.41, 5.74) is 1.07. The molecule has 0 amide bonds. The Labute approximate surface area is 106 Å². The maximum absolute atomic E-state index is 4.62. The van der Waals surface area contributed by atoms with Crippen molar-refractivity contribution in [1.29, 1.82) is 0 Å². The molecule has 2 aromatic heterocycles. The summed E-state index contributed by atoms with van der Waals surface area (Å²) in [5.74, 6) is 2.10. The third kappa shape index (κ3) is 2.64. The number of thiophene rings is 1. The summed E-state index contributed by atoms with van der Waals surface area (Å²) in [6.45, 7) is 6.38. The van der Waals surface area contributed by atoms with Gasteiger partial charge in [-0.05, 0) is 25.0 Å². The summed E-state index contributed by atoms with van der Waals surface area (Å²) in [4.78, 5) is 11.5. The van der Waals surface area contributed by atoms with E-state index in [0.717, 1.165) is 22.2 Å². The van der Waals surface area contributed by atoms with E-state index in [1.54, 1.807) is 11.3 Å². The molecule has 0 saturated carbocycles. The molecule has 1 N–H and O–H groups in total. The number of aromatic nitrogens is 2. The molecule has 3 nitrogen and oxygen atoms in total. The van der Waals surface area contributed by atoms with E-state index in [9.17, 15) is 0 Å². The molecule has 4 heteroatoms. The van der Waals surface area contributed by atoms with Gasteiger partial charge in [0.1, 0.15) is 5.82 Å². The molecule has 0 radical (unpaired) electrons. The first-order valence-corrected chi connectivity index (χ1v) is 6.55. The van der Waals surface area contributed by atoms with Crippen LogP contribution < -0.4 is 5.32 Å². The summed E-state index contributed by atoms with van der Waals surface area (Å²) in [6, 6.07) is 6.19. The van der Waals surface area contributed by atoms with Crippen molar-refractivity contribution in [3.63, 3.8) is 0 Å². The molecule has 0 saturated heterocycles.